The topological polar surface area (TPSA) is 77.2 Å². The Morgan fingerprint density at radius 3 is 2.59 bits per heavy atom. The molecule has 0 bridgehead atoms. The molecule has 2 aliphatic heterocycles. The van der Waals surface area contributed by atoms with Crippen LogP contribution in [0.5, 0.6) is 0 Å². The Morgan fingerprint density at radius 1 is 1.22 bits per heavy atom. The van der Waals surface area contributed by atoms with E-state index in [9.17, 15) is 14.0 Å². The van der Waals surface area contributed by atoms with Crippen LogP contribution in [0.3, 0.4) is 0 Å². The number of likely N-dealkylation sites (tertiary alicyclic amines) is 1. The van der Waals surface area contributed by atoms with Gasteiger partial charge in [0.1, 0.15) is 5.82 Å². The number of likely N-dealkylation sites (N-methyl/N-ethyl adjacent to an activating group) is 1. The van der Waals surface area contributed by atoms with Crippen LogP contribution in [-0.4, -0.2) is 86.8 Å². The fraction of sp³-hybridized carbons (Fsp3) is 0.652. The van der Waals surface area contributed by atoms with Crippen molar-refractivity contribution in [1.82, 2.24) is 15.1 Å². The maximum atomic E-state index is 14.7. The maximum absolute atomic E-state index is 14.7. The predicted molar refractivity (Wildman–Crippen MR) is 124 cm³/mol. The van der Waals surface area contributed by atoms with Crippen LogP contribution in [0.15, 0.2) is 18.2 Å². The first-order valence-electron chi connectivity index (χ1n) is 11.4. The lowest BCUT2D eigenvalue weighted by atomic mass is 10.2. The minimum Gasteiger partial charge on any atom is -0.372 e. The molecule has 1 aromatic carbocycles. The van der Waals surface area contributed by atoms with Crippen LogP contribution in [0, 0.1) is 5.82 Å². The van der Waals surface area contributed by atoms with Gasteiger partial charge >= 0.3 is 6.03 Å². The minimum absolute atomic E-state index is 0.0403. The van der Waals surface area contributed by atoms with Crippen LogP contribution >= 0.6 is 0 Å². The summed E-state index contributed by atoms with van der Waals surface area (Å²) in [5.74, 6) is -0.227. The van der Waals surface area contributed by atoms with Crippen molar-refractivity contribution in [3.8, 4) is 0 Å². The van der Waals surface area contributed by atoms with Crippen LogP contribution in [-0.2, 0) is 9.53 Å². The van der Waals surface area contributed by atoms with Gasteiger partial charge in [-0.1, -0.05) is 0 Å². The van der Waals surface area contributed by atoms with Gasteiger partial charge in [-0.15, -0.1) is 0 Å². The highest BCUT2D eigenvalue weighted by Crippen LogP contribution is 2.26. The molecule has 8 nitrogen and oxygen atoms in total. The molecule has 0 saturated carbocycles. The van der Waals surface area contributed by atoms with Crippen LogP contribution in [0.2, 0.25) is 0 Å². The molecule has 3 amide bonds. The SMILES string of the molecule is C[C@@H]1CN(c2ccc(NC(=O)NCCCN3CCC[C@H]3C(=O)N(C)C)cc2F)C[C@H](C)O1. The van der Waals surface area contributed by atoms with Crippen molar-refractivity contribution in [3.05, 3.63) is 24.0 Å². The summed E-state index contributed by atoms with van der Waals surface area (Å²) in [6, 6.07) is 4.34. The summed E-state index contributed by atoms with van der Waals surface area (Å²) >= 11 is 0. The molecule has 2 fully saturated rings. The average Bonchev–Trinajstić information content (AvgIpc) is 3.18. The van der Waals surface area contributed by atoms with Gasteiger partial charge in [-0.05, 0) is 57.9 Å². The third-order valence-corrected chi connectivity index (χ3v) is 5.96. The van der Waals surface area contributed by atoms with Crippen LogP contribution in [0.4, 0.5) is 20.6 Å². The number of hydrogen-bond acceptors (Lipinski definition) is 5. The average molecular weight is 450 g/mol. The van der Waals surface area contributed by atoms with Crippen molar-refractivity contribution in [2.24, 2.45) is 0 Å². The number of amides is 3. The lowest BCUT2D eigenvalue weighted by Gasteiger charge is -2.37. The quantitative estimate of drug-likeness (QED) is 0.626. The molecule has 1 aromatic rings. The minimum atomic E-state index is -0.367. The van der Waals surface area contributed by atoms with Crippen LogP contribution in [0.1, 0.15) is 33.1 Å². The fourth-order valence-electron chi connectivity index (χ4n) is 4.55. The molecule has 2 heterocycles. The van der Waals surface area contributed by atoms with E-state index in [4.69, 9.17) is 4.74 Å². The summed E-state index contributed by atoms with van der Waals surface area (Å²) in [4.78, 5) is 30.3. The zero-order valence-corrected chi connectivity index (χ0v) is 19.6. The number of urea groups is 1. The number of morpholine rings is 1. The van der Waals surface area contributed by atoms with E-state index < -0.39 is 0 Å². The zero-order chi connectivity index (χ0) is 23.3. The number of anilines is 2. The van der Waals surface area contributed by atoms with Crippen molar-refractivity contribution in [2.75, 3.05) is 57.0 Å². The second kappa shape index (κ2) is 11.0. The third kappa shape index (κ3) is 6.32. The first kappa shape index (κ1) is 24.3. The molecule has 0 unspecified atom stereocenters. The molecule has 0 radical (unpaired) electrons. The summed E-state index contributed by atoms with van der Waals surface area (Å²) in [5.41, 5.74) is 0.930. The molecule has 2 aliphatic rings. The smallest absolute Gasteiger partial charge is 0.319 e. The highest BCUT2D eigenvalue weighted by Gasteiger charge is 2.31. The molecular weight excluding hydrogens is 413 g/mol. The Kier molecular flexibility index (Phi) is 8.31. The molecule has 2 N–H and O–H groups in total. The number of ether oxygens (including phenoxy) is 1. The molecule has 0 aliphatic carbocycles. The first-order chi connectivity index (χ1) is 15.2. The Labute approximate surface area is 190 Å². The molecular formula is C23H36FN5O3. The lowest BCUT2D eigenvalue weighted by molar-refractivity contribution is -0.133. The number of carbonyl (C=O) groups excluding carboxylic acids is 2. The summed E-state index contributed by atoms with van der Waals surface area (Å²) in [6.07, 6.45) is 2.72. The van der Waals surface area contributed by atoms with Crippen molar-refractivity contribution in [1.29, 1.82) is 0 Å². The fourth-order valence-corrected chi connectivity index (χ4v) is 4.55. The van der Waals surface area contributed by atoms with E-state index in [1.54, 1.807) is 31.1 Å². The Balaban J connectivity index is 1.43. The predicted octanol–water partition coefficient (Wildman–Crippen LogP) is 2.50. The number of nitrogens with one attached hydrogen (secondary N) is 2. The van der Waals surface area contributed by atoms with Gasteiger partial charge in [0, 0.05) is 46.0 Å². The van der Waals surface area contributed by atoms with Gasteiger partial charge in [-0.2, -0.15) is 0 Å². The maximum Gasteiger partial charge on any atom is 0.319 e. The lowest BCUT2D eigenvalue weighted by Crippen LogP contribution is -2.45. The van der Waals surface area contributed by atoms with E-state index in [0.29, 0.717) is 31.0 Å². The molecule has 32 heavy (non-hydrogen) atoms. The Bertz CT molecular complexity index is 796. The second-order valence-electron chi connectivity index (χ2n) is 8.99. The summed E-state index contributed by atoms with van der Waals surface area (Å²) in [6.45, 7) is 7.36. The Morgan fingerprint density at radius 2 is 1.94 bits per heavy atom. The Hall–Kier alpha value is -2.39. The highest BCUT2D eigenvalue weighted by atomic mass is 19.1. The summed E-state index contributed by atoms with van der Waals surface area (Å²) in [7, 11) is 3.56. The van der Waals surface area contributed by atoms with Gasteiger partial charge < -0.3 is 25.2 Å². The number of benzene rings is 1. The van der Waals surface area contributed by atoms with Gasteiger partial charge in [0.2, 0.25) is 5.91 Å². The molecule has 3 atom stereocenters. The summed E-state index contributed by atoms with van der Waals surface area (Å²) in [5, 5.41) is 5.50. The van der Waals surface area contributed by atoms with Crippen LogP contribution < -0.4 is 15.5 Å². The summed E-state index contributed by atoms with van der Waals surface area (Å²) < 4.78 is 20.4. The van der Waals surface area contributed by atoms with Crippen molar-refractivity contribution in [2.45, 2.75) is 51.4 Å². The van der Waals surface area contributed by atoms with Gasteiger partial charge in [-0.3, -0.25) is 9.69 Å². The second-order valence-corrected chi connectivity index (χ2v) is 8.99. The molecule has 0 spiro atoms. The van der Waals surface area contributed by atoms with E-state index in [1.165, 1.54) is 6.07 Å². The molecule has 0 aromatic heterocycles. The number of halogens is 1. The van der Waals surface area contributed by atoms with Crippen LogP contribution in [0.25, 0.3) is 0 Å². The standard InChI is InChI=1S/C23H36FN5O3/c1-16-14-29(15-17(2)32-16)20-9-8-18(13-19(20)24)26-23(31)25-10-6-12-28-11-5-7-21(28)22(30)27(3)4/h8-9,13,16-17,21H,5-7,10-12,14-15H2,1-4H3,(H2,25,26,31)/t16-,17+,21-/m0/s1. The zero-order valence-electron chi connectivity index (χ0n) is 19.6. The number of rotatable bonds is 7. The van der Waals surface area contributed by atoms with Crippen molar-refractivity contribution in [3.63, 3.8) is 0 Å². The molecule has 3 rings (SSSR count). The molecule has 178 valence electrons. The number of hydrogen-bond donors (Lipinski definition) is 2. The monoisotopic (exact) mass is 449 g/mol. The van der Waals surface area contributed by atoms with Gasteiger partial charge in [0.05, 0.1) is 23.9 Å². The van der Waals surface area contributed by atoms with E-state index in [-0.39, 0.29) is 36.0 Å². The number of nitrogens with zero attached hydrogens (tertiary/aromatic N) is 3. The largest absolute Gasteiger partial charge is 0.372 e. The van der Waals surface area contributed by atoms with E-state index in [2.05, 4.69) is 15.5 Å². The van der Waals surface area contributed by atoms with Crippen molar-refractivity contribution >= 4 is 23.3 Å². The van der Waals surface area contributed by atoms with E-state index in [1.807, 2.05) is 18.7 Å². The van der Waals surface area contributed by atoms with Gasteiger partial charge in [0.15, 0.2) is 0 Å². The normalized spacial score (nSPS) is 23.8. The molecule has 9 heteroatoms. The van der Waals surface area contributed by atoms with Gasteiger partial charge in [0.25, 0.3) is 0 Å². The number of carbonyl (C=O) groups is 2. The third-order valence-electron chi connectivity index (χ3n) is 5.96. The highest BCUT2D eigenvalue weighted by molar-refractivity contribution is 5.89. The van der Waals surface area contributed by atoms with E-state index in [0.717, 1.165) is 32.4 Å². The van der Waals surface area contributed by atoms with Crippen molar-refractivity contribution < 1.29 is 18.7 Å². The molecule has 2 saturated heterocycles. The van der Waals surface area contributed by atoms with E-state index >= 15 is 0 Å². The van der Waals surface area contributed by atoms with Gasteiger partial charge in [-0.25, -0.2) is 9.18 Å². The first-order valence-corrected chi connectivity index (χ1v) is 11.4.